The summed E-state index contributed by atoms with van der Waals surface area (Å²) >= 11 is 3.73. The first-order valence-corrected chi connectivity index (χ1v) is 7.62. The van der Waals surface area contributed by atoms with Crippen molar-refractivity contribution in [2.24, 2.45) is 0 Å². The minimum Gasteiger partial charge on any atom is -0.319 e. The molecule has 1 saturated heterocycles. The van der Waals surface area contributed by atoms with E-state index in [2.05, 4.69) is 68.9 Å². The highest BCUT2D eigenvalue weighted by molar-refractivity contribution is 9.10. The van der Waals surface area contributed by atoms with Gasteiger partial charge in [0.2, 0.25) is 0 Å². The van der Waals surface area contributed by atoms with Crippen LogP contribution in [0.3, 0.4) is 0 Å². The first-order valence-electron chi connectivity index (χ1n) is 6.83. The Morgan fingerprint density at radius 2 is 2.26 bits per heavy atom. The van der Waals surface area contributed by atoms with Gasteiger partial charge in [-0.05, 0) is 47.6 Å². The van der Waals surface area contributed by atoms with E-state index in [1.165, 1.54) is 21.2 Å². The van der Waals surface area contributed by atoms with Crippen molar-refractivity contribution in [1.82, 2.24) is 14.6 Å². The lowest BCUT2D eigenvalue weighted by atomic mass is 10.1. The van der Waals surface area contributed by atoms with E-state index in [1.807, 2.05) is 0 Å². The van der Waals surface area contributed by atoms with Crippen LogP contribution in [0.5, 0.6) is 0 Å². The summed E-state index contributed by atoms with van der Waals surface area (Å²) in [4.78, 5) is 2.46. The summed E-state index contributed by atoms with van der Waals surface area (Å²) in [6.45, 7) is 5.52. The monoisotopic (exact) mass is 321 g/mol. The third-order valence-electron chi connectivity index (χ3n) is 4.21. The molecule has 0 aliphatic carbocycles. The maximum Gasteiger partial charge on any atom is 0.0597 e. The molecule has 2 aromatic heterocycles. The van der Waals surface area contributed by atoms with Crippen LogP contribution in [0, 0.1) is 6.92 Å². The third kappa shape index (κ3) is 2.33. The van der Waals surface area contributed by atoms with Crippen molar-refractivity contribution in [3.8, 4) is 0 Å². The number of aromatic nitrogens is 1. The van der Waals surface area contributed by atoms with Gasteiger partial charge in [-0.1, -0.05) is 6.07 Å². The highest BCUT2D eigenvalue weighted by atomic mass is 79.9. The van der Waals surface area contributed by atoms with Crippen LogP contribution >= 0.6 is 15.9 Å². The molecule has 102 valence electrons. The molecule has 1 atom stereocenters. The van der Waals surface area contributed by atoms with Crippen molar-refractivity contribution in [1.29, 1.82) is 0 Å². The number of pyridine rings is 1. The first-order chi connectivity index (χ1) is 9.18. The molecule has 1 aliphatic rings. The van der Waals surface area contributed by atoms with Crippen molar-refractivity contribution in [2.45, 2.75) is 19.4 Å². The van der Waals surface area contributed by atoms with Gasteiger partial charge in [-0.25, -0.2) is 0 Å². The largest absolute Gasteiger partial charge is 0.319 e. The molecular weight excluding hydrogens is 302 g/mol. The number of fused-ring (bicyclic) bond motifs is 1. The first kappa shape index (κ1) is 13.2. The summed E-state index contributed by atoms with van der Waals surface area (Å²) in [6.07, 6.45) is 3.25. The summed E-state index contributed by atoms with van der Waals surface area (Å²) in [6, 6.07) is 6.95. The number of rotatable bonds is 2. The number of halogens is 1. The standard InChI is InChI=1S/C15H20BrN3/c1-11-14(9-12-10-17-6-8-18(12)2)19-7-4-3-5-13(19)15(11)16/h3-5,7,12,17H,6,8-10H2,1-2H3. The predicted octanol–water partition coefficient (Wildman–Crippen LogP) is 2.46. The number of nitrogens with one attached hydrogen (secondary N) is 1. The molecule has 1 aliphatic heterocycles. The molecule has 0 aromatic carbocycles. The molecule has 4 heteroatoms. The molecule has 1 fully saturated rings. The number of hydrogen-bond donors (Lipinski definition) is 1. The molecule has 1 N–H and O–H groups in total. The third-order valence-corrected chi connectivity index (χ3v) is 5.21. The fourth-order valence-electron chi connectivity index (χ4n) is 2.92. The van der Waals surface area contributed by atoms with Gasteiger partial charge in [-0.2, -0.15) is 0 Å². The number of hydrogen-bond acceptors (Lipinski definition) is 2. The van der Waals surface area contributed by atoms with Gasteiger partial charge in [-0.15, -0.1) is 0 Å². The van der Waals surface area contributed by atoms with Gasteiger partial charge in [-0.3, -0.25) is 0 Å². The molecule has 19 heavy (non-hydrogen) atoms. The molecule has 3 nitrogen and oxygen atoms in total. The SMILES string of the molecule is Cc1c(Br)c2ccccn2c1CC1CNCCN1C. The second kappa shape index (κ2) is 5.27. The van der Waals surface area contributed by atoms with E-state index in [0.717, 1.165) is 26.1 Å². The Hall–Kier alpha value is -0.840. The Labute approximate surface area is 122 Å². The van der Waals surface area contributed by atoms with Gasteiger partial charge in [0.25, 0.3) is 0 Å². The zero-order valence-corrected chi connectivity index (χ0v) is 13.1. The second-order valence-electron chi connectivity index (χ2n) is 5.38. The maximum atomic E-state index is 3.73. The van der Waals surface area contributed by atoms with Crippen LogP contribution in [0.1, 0.15) is 11.3 Å². The molecular formula is C15H20BrN3. The Morgan fingerprint density at radius 3 is 3.05 bits per heavy atom. The van der Waals surface area contributed by atoms with Crippen LogP contribution in [-0.2, 0) is 6.42 Å². The van der Waals surface area contributed by atoms with E-state index in [4.69, 9.17) is 0 Å². The van der Waals surface area contributed by atoms with Crippen molar-refractivity contribution in [3.63, 3.8) is 0 Å². The average molecular weight is 322 g/mol. The van der Waals surface area contributed by atoms with Crippen LogP contribution in [0.25, 0.3) is 5.52 Å². The normalized spacial score (nSPS) is 21.1. The zero-order chi connectivity index (χ0) is 13.4. The zero-order valence-electron chi connectivity index (χ0n) is 11.5. The summed E-state index contributed by atoms with van der Waals surface area (Å²) in [5.41, 5.74) is 4.05. The van der Waals surface area contributed by atoms with E-state index in [9.17, 15) is 0 Å². The smallest absolute Gasteiger partial charge is 0.0597 e. The summed E-state index contributed by atoms with van der Waals surface area (Å²) < 4.78 is 3.55. The lowest BCUT2D eigenvalue weighted by molar-refractivity contribution is 0.198. The molecule has 0 radical (unpaired) electrons. The van der Waals surface area contributed by atoms with E-state index in [0.29, 0.717) is 6.04 Å². The Morgan fingerprint density at radius 1 is 1.42 bits per heavy atom. The molecule has 1 unspecified atom stereocenters. The van der Waals surface area contributed by atoms with Gasteiger partial charge in [0, 0.05) is 48.5 Å². The van der Waals surface area contributed by atoms with Gasteiger partial charge < -0.3 is 14.6 Å². The van der Waals surface area contributed by atoms with Gasteiger partial charge in [0.15, 0.2) is 0 Å². The van der Waals surface area contributed by atoms with Crippen molar-refractivity contribution in [3.05, 3.63) is 40.1 Å². The number of piperazine rings is 1. The molecule has 0 spiro atoms. The minimum absolute atomic E-state index is 0.581. The van der Waals surface area contributed by atoms with Crippen LogP contribution in [0.15, 0.2) is 28.9 Å². The van der Waals surface area contributed by atoms with E-state index >= 15 is 0 Å². The summed E-state index contributed by atoms with van der Waals surface area (Å²) in [7, 11) is 2.23. The molecule has 0 bridgehead atoms. The maximum absolute atomic E-state index is 3.73. The van der Waals surface area contributed by atoms with Gasteiger partial charge >= 0.3 is 0 Å². The van der Waals surface area contributed by atoms with E-state index in [-0.39, 0.29) is 0 Å². The fraction of sp³-hybridized carbons (Fsp3) is 0.467. The average Bonchev–Trinajstić information content (AvgIpc) is 2.67. The van der Waals surface area contributed by atoms with Crippen LogP contribution in [-0.4, -0.2) is 42.0 Å². The molecule has 3 rings (SSSR count). The fourth-order valence-corrected chi connectivity index (χ4v) is 3.47. The lowest BCUT2D eigenvalue weighted by Crippen LogP contribution is -2.50. The highest BCUT2D eigenvalue weighted by Gasteiger charge is 2.22. The number of likely N-dealkylation sites (N-methyl/N-ethyl adjacent to an activating group) is 1. The summed E-state index contributed by atoms with van der Waals surface area (Å²) in [5, 5.41) is 3.50. The van der Waals surface area contributed by atoms with Crippen molar-refractivity contribution < 1.29 is 0 Å². The van der Waals surface area contributed by atoms with Crippen molar-refractivity contribution >= 4 is 21.4 Å². The Kier molecular flexibility index (Phi) is 3.65. The van der Waals surface area contributed by atoms with Crippen molar-refractivity contribution in [2.75, 3.05) is 26.7 Å². The Balaban J connectivity index is 1.98. The van der Waals surface area contributed by atoms with E-state index in [1.54, 1.807) is 0 Å². The predicted molar refractivity (Wildman–Crippen MR) is 82.8 cm³/mol. The summed E-state index contributed by atoms with van der Waals surface area (Å²) in [5.74, 6) is 0. The minimum atomic E-state index is 0.581. The van der Waals surface area contributed by atoms with E-state index < -0.39 is 0 Å². The molecule has 0 saturated carbocycles. The topological polar surface area (TPSA) is 19.7 Å². The Bertz CT molecular complexity index is 590. The molecule has 3 heterocycles. The van der Waals surface area contributed by atoms with Crippen LogP contribution < -0.4 is 5.32 Å². The van der Waals surface area contributed by atoms with Crippen LogP contribution in [0.2, 0.25) is 0 Å². The lowest BCUT2D eigenvalue weighted by Gasteiger charge is -2.33. The van der Waals surface area contributed by atoms with Crippen LogP contribution in [0.4, 0.5) is 0 Å². The molecule has 0 amide bonds. The second-order valence-corrected chi connectivity index (χ2v) is 6.18. The quantitative estimate of drug-likeness (QED) is 0.916. The highest BCUT2D eigenvalue weighted by Crippen LogP contribution is 2.29. The number of nitrogens with zero attached hydrogens (tertiary/aromatic N) is 2. The molecule has 2 aromatic rings. The van der Waals surface area contributed by atoms with Gasteiger partial charge in [0.05, 0.1) is 5.52 Å². The van der Waals surface area contributed by atoms with Gasteiger partial charge in [0.1, 0.15) is 0 Å².